The molecule has 0 aliphatic rings. The molecule has 0 fully saturated rings. The zero-order valence-corrected chi connectivity index (χ0v) is 13.9. The lowest BCUT2D eigenvalue weighted by atomic mass is 10.0. The summed E-state index contributed by atoms with van der Waals surface area (Å²) in [6, 6.07) is 23.3. The van der Waals surface area contributed by atoms with Crippen molar-refractivity contribution in [3.05, 3.63) is 83.9 Å². The van der Waals surface area contributed by atoms with E-state index in [4.69, 9.17) is 4.74 Å². The van der Waals surface area contributed by atoms with Crippen LogP contribution in [0.25, 0.3) is 10.8 Å². The van der Waals surface area contributed by atoms with Crippen LogP contribution in [0.4, 0.5) is 0 Å². The molecule has 0 heterocycles. The highest BCUT2D eigenvalue weighted by atomic mass is 16.5. The maximum Gasteiger partial charge on any atom is 0.302 e. The Morgan fingerprint density at radius 3 is 2.08 bits per heavy atom. The predicted molar refractivity (Wildman–Crippen MR) is 95.9 cm³/mol. The first-order valence-electron chi connectivity index (χ1n) is 7.74. The number of ketones is 1. The zero-order valence-electron chi connectivity index (χ0n) is 13.9. The van der Waals surface area contributed by atoms with Crippen molar-refractivity contribution < 1.29 is 14.3 Å². The molecule has 0 bridgehead atoms. The average molecular weight is 320 g/mol. The van der Waals surface area contributed by atoms with Gasteiger partial charge in [0.2, 0.25) is 0 Å². The van der Waals surface area contributed by atoms with Gasteiger partial charge < -0.3 is 4.74 Å². The van der Waals surface area contributed by atoms with E-state index in [9.17, 15) is 9.59 Å². The minimum absolute atomic E-state index is 0.122. The second kappa shape index (κ2) is 8.63. The van der Waals surface area contributed by atoms with E-state index in [2.05, 4.69) is 0 Å². The lowest BCUT2D eigenvalue weighted by molar-refractivity contribution is -0.142. The Bertz CT molecular complexity index is 817. The van der Waals surface area contributed by atoms with Crippen molar-refractivity contribution in [1.82, 2.24) is 0 Å². The van der Waals surface area contributed by atoms with Crippen molar-refractivity contribution in [1.29, 1.82) is 0 Å². The summed E-state index contributed by atoms with van der Waals surface area (Å²) >= 11 is 0. The fraction of sp³-hybridized carbons (Fsp3) is 0.143. The fourth-order valence-corrected chi connectivity index (χ4v) is 2.29. The van der Waals surface area contributed by atoms with Crippen molar-refractivity contribution in [2.24, 2.45) is 0 Å². The topological polar surface area (TPSA) is 43.4 Å². The summed E-state index contributed by atoms with van der Waals surface area (Å²) in [5, 5.41) is 2.16. The molecule has 0 amide bonds. The molecular formula is C21H20O3. The van der Waals surface area contributed by atoms with Gasteiger partial charge in [-0.25, -0.2) is 0 Å². The average Bonchev–Trinajstić information content (AvgIpc) is 2.61. The van der Waals surface area contributed by atoms with Gasteiger partial charge in [-0.1, -0.05) is 72.8 Å². The van der Waals surface area contributed by atoms with E-state index in [1.807, 2.05) is 72.8 Å². The van der Waals surface area contributed by atoms with Crippen LogP contribution in [0, 0.1) is 0 Å². The van der Waals surface area contributed by atoms with Crippen LogP contribution >= 0.6 is 0 Å². The first-order valence-corrected chi connectivity index (χ1v) is 7.74. The molecular weight excluding hydrogens is 300 g/mol. The molecule has 0 radical (unpaired) electrons. The number of carbonyl (C=O) groups is 2. The molecule has 3 heteroatoms. The monoisotopic (exact) mass is 320 g/mol. The Morgan fingerprint density at radius 1 is 0.792 bits per heavy atom. The SMILES string of the molecule is CC(=O)OCc1ccccc1.CC(=O)c1cccc2ccccc12. The number of benzene rings is 3. The van der Waals surface area contributed by atoms with E-state index >= 15 is 0 Å². The number of esters is 1. The number of Topliss-reactive ketones (excluding diaryl/α,β-unsaturated/α-hetero) is 1. The lowest BCUT2D eigenvalue weighted by Crippen LogP contribution is -1.97. The summed E-state index contributed by atoms with van der Waals surface area (Å²) in [5.41, 5.74) is 1.82. The third kappa shape index (κ3) is 5.06. The second-order valence-electron chi connectivity index (χ2n) is 5.35. The van der Waals surface area contributed by atoms with E-state index in [1.54, 1.807) is 6.92 Å². The van der Waals surface area contributed by atoms with Crippen LogP contribution in [0.1, 0.15) is 29.8 Å². The van der Waals surface area contributed by atoms with Gasteiger partial charge in [-0.2, -0.15) is 0 Å². The zero-order chi connectivity index (χ0) is 17.4. The van der Waals surface area contributed by atoms with Gasteiger partial charge >= 0.3 is 5.97 Å². The van der Waals surface area contributed by atoms with Gasteiger partial charge in [0.1, 0.15) is 6.61 Å². The van der Waals surface area contributed by atoms with E-state index in [-0.39, 0.29) is 11.8 Å². The highest BCUT2D eigenvalue weighted by Crippen LogP contribution is 2.18. The van der Waals surface area contributed by atoms with E-state index in [1.165, 1.54) is 6.92 Å². The Labute approximate surface area is 141 Å². The Morgan fingerprint density at radius 2 is 1.42 bits per heavy atom. The summed E-state index contributed by atoms with van der Waals surface area (Å²) in [4.78, 5) is 21.7. The minimum Gasteiger partial charge on any atom is -0.461 e. The first-order chi connectivity index (χ1) is 11.6. The maximum absolute atomic E-state index is 11.3. The largest absolute Gasteiger partial charge is 0.461 e. The van der Waals surface area contributed by atoms with Crippen molar-refractivity contribution in [2.75, 3.05) is 0 Å². The minimum atomic E-state index is -0.242. The van der Waals surface area contributed by atoms with Gasteiger partial charge in [-0.3, -0.25) is 9.59 Å². The predicted octanol–water partition coefficient (Wildman–Crippen LogP) is 4.79. The third-order valence-electron chi connectivity index (χ3n) is 3.45. The van der Waals surface area contributed by atoms with Gasteiger partial charge in [0.25, 0.3) is 0 Å². The number of rotatable bonds is 3. The summed E-state index contributed by atoms with van der Waals surface area (Å²) in [5.74, 6) is -0.120. The Hall–Kier alpha value is -2.94. The standard InChI is InChI=1S/C12H10O.C9H10O2/c1-9(13)11-8-4-6-10-5-2-3-7-12(10)11;1-8(10)11-7-9-5-3-2-4-6-9/h2-8H,1H3;2-6H,7H2,1H3. The van der Waals surface area contributed by atoms with Crippen LogP contribution in [0.2, 0.25) is 0 Å². The van der Waals surface area contributed by atoms with Crippen LogP contribution in [-0.2, 0) is 16.1 Å². The molecule has 122 valence electrons. The van der Waals surface area contributed by atoms with Crippen LogP contribution in [0.15, 0.2) is 72.8 Å². The fourth-order valence-electron chi connectivity index (χ4n) is 2.29. The smallest absolute Gasteiger partial charge is 0.302 e. The molecule has 0 saturated heterocycles. The third-order valence-corrected chi connectivity index (χ3v) is 3.45. The molecule has 0 N–H and O–H groups in total. The van der Waals surface area contributed by atoms with Crippen LogP contribution in [0.5, 0.6) is 0 Å². The number of carbonyl (C=O) groups excluding carboxylic acids is 2. The molecule has 3 aromatic rings. The van der Waals surface area contributed by atoms with Gasteiger partial charge in [-0.05, 0) is 23.3 Å². The first kappa shape index (κ1) is 17.4. The molecule has 0 saturated carbocycles. The second-order valence-corrected chi connectivity index (χ2v) is 5.35. The molecule has 0 aliphatic heterocycles. The molecule has 0 aliphatic carbocycles. The van der Waals surface area contributed by atoms with E-state index in [0.29, 0.717) is 6.61 Å². The molecule has 0 aromatic heterocycles. The molecule has 3 aromatic carbocycles. The number of fused-ring (bicyclic) bond motifs is 1. The highest BCUT2D eigenvalue weighted by molar-refractivity contribution is 6.06. The van der Waals surface area contributed by atoms with Crippen LogP contribution in [0.3, 0.4) is 0 Å². The lowest BCUT2D eigenvalue weighted by Gasteiger charge is -2.01. The molecule has 3 nitrogen and oxygen atoms in total. The summed E-state index contributed by atoms with van der Waals surface area (Å²) in [6.07, 6.45) is 0. The number of hydrogen-bond donors (Lipinski definition) is 0. The van der Waals surface area contributed by atoms with Crippen molar-refractivity contribution in [3.63, 3.8) is 0 Å². The normalized spacial score (nSPS) is 9.75. The maximum atomic E-state index is 11.3. The van der Waals surface area contributed by atoms with Gasteiger partial charge in [0.05, 0.1) is 0 Å². The van der Waals surface area contributed by atoms with Crippen molar-refractivity contribution in [2.45, 2.75) is 20.5 Å². The van der Waals surface area contributed by atoms with Crippen LogP contribution in [-0.4, -0.2) is 11.8 Å². The van der Waals surface area contributed by atoms with E-state index in [0.717, 1.165) is 21.9 Å². The Balaban J connectivity index is 0.000000177. The number of ether oxygens (including phenoxy) is 1. The summed E-state index contributed by atoms with van der Waals surface area (Å²) in [6.45, 7) is 3.38. The molecule has 0 spiro atoms. The van der Waals surface area contributed by atoms with Gasteiger partial charge in [0, 0.05) is 12.5 Å². The Kier molecular flexibility index (Phi) is 6.26. The summed E-state index contributed by atoms with van der Waals surface area (Å²) in [7, 11) is 0. The molecule has 0 atom stereocenters. The van der Waals surface area contributed by atoms with Crippen molar-refractivity contribution in [3.8, 4) is 0 Å². The van der Waals surface area contributed by atoms with Gasteiger partial charge in [0.15, 0.2) is 5.78 Å². The molecule has 3 rings (SSSR count). The highest BCUT2D eigenvalue weighted by Gasteiger charge is 2.02. The van der Waals surface area contributed by atoms with Crippen molar-refractivity contribution >= 4 is 22.5 Å². The van der Waals surface area contributed by atoms with Crippen LogP contribution < -0.4 is 0 Å². The molecule has 0 unspecified atom stereocenters. The quantitative estimate of drug-likeness (QED) is 0.514. The molecule has 24 heavy (non-hydrogen) atoms. The van der Waals surface area contributed by atoms with E-state index < -0.39 is 0 Å². The number of hydrogen-bond acceptors (Lipinski definition) is 3. The van der Waals surface area contributed by atoms with Gasteiger partial charge in [-0.15, -0.1) is 0 Å². The summed E-state index contributed by atoms with van der Waals surface area (Å²) < 4.78 is 4.79.